The number of ether oxygens (including phenoxy) is 1. The van der Waals surface area contributed by atoms with Crippen LogP contribution >= 0.6 is 23.1 Å². The van der Waals surface area contributed by atoms with Gasteiger partial charge < -0.3 is 4.74 Å². The molecular weight excluding hydrogens is 436 g/mol. The van der Waals surface area contributed by atoms with Crippen LogP contribution in [0, 0.1) is 0 Å². The van der Waals surface area contributed by atoms with Crippen molar-refractivity contribution in [2.75, 3.05) is 6.61 Å². The maximum atomic E-state index is 5.93. The number of hydrogen-bond donors (Lipinski definition) is 0. The first-order valence-corrected chi connectivity index (χ1v) is 12.7. The summed E-state index contributed by atoms with van der Waals surface area (Å²) in [6.07, 6.45) is 2.43. The van der Waals surface area contributed by atoms with Crippen LogP contribution in [-0.2, 0) is 17.0 Å². The third kappa shape index (κ3) is 3.70. The Kier molecular flexibility index (Phi) is 5.38. The number of para-hydroxylation sites is 1. The molecule has 160 valence electrons. The second kappa shape index (κ2) is 8.65. The molecule has 0 spiro atoms. The lowest BCUT2D eigenvalue weighted by molar-refractivity contribution is 0.0953. The number of rotatable bonds is 6. The zero-order chi connectivity index (χ0) is 21.3. The minimum Gasteiger partial charge on any atom is -0.376 e. The third-order valence-electron chi connectivity index (χ3n) is 5.89. The van der Waals surface area contributed by atoms with Crippen LogP contribution in [0.15, 0.2) is 71.2 Å². The Labute approximate surface area is 194 Å². The number of nitrogens with zero attached hydrogens (tertiary/aromatic N) is 4. The van der Waals surface area contributed by atoms with Crippen molar-refractivity contribution >= 4 is 44.8 Å². The zero-order valence-corrected chi connectivity index (χ0v) is 19.1. The van der Waals surface area contributed by atoms with Gasteiger partial charge in [-0.05, 0) is 35.7 Å². The molecular formula is C25H22N4OS2. The lowest BCUT2D eigenvalue weighted by Gasteiger charge is -2.14. The number of thiophene rings is 1. The van der Waals surface area contributed by atoms with E-state index < -0.39 is 0 Å². The molecule has 4 heterocycles. The van der Waals surface area contributed by atoms with Gasteiger partial charge in [-0.15, -0.1) is 21.5 Å². The fourth-order valence-electron chi connectivity index (χ4n) is 4.36. The molecule has 1 saturated heterocycles. The van der Waals surface area contributed by atoms with Crippen molar-refractivity contribution in [3.8, 4) is 10.7 Å². The minimum absolute atomic E-state index is 0.226. The summed E-state index contributed by atoms with van der Waals surface area (Å²) in [4.78, 5) is 6.14. The smallest absolute Gasteiger partial charge is 0.191 e. The molecule has 0 N–H and O–H groups in total. The highest BCUT2D eigenvalue weighted by atomic mass is 32.2. The molecule has 3 aromatic heterocycles. The second-order valence-corrected chi connectivity index (χ2v) is 9.83. The van der Waals surface area contributed by atoms with E-state index in [-0.39, 0.29) is 6.10 Å². The SMILES string of the molecule is c1csc(-c2nnc(SCc3nc4ccccc4c4ccccc34)n2CC2CCCO2)c1. The van der Waals surface area contributed by atoms with Crippen molar-refractivity contribution < 1.29 is 4.74 Å². The fraction of sp³-hybridized carbons (Fsp3) is 0.240. The van der Waals surface area contributed by atoms with Gasteiger partial charge in [0.25, 0.3) is 0 Å². The lowest BCUT2D eigenvalue weighted by Crippen LogP contribution is -2.16. The van der Waals surface area contributed by atoms with Gasteiger partial charge in [0, 0.05) is 23.1 Å². The van der Waals surface area contributed by atoms with Gasteiger partial charge in [0.1, 0.15) is 0 Å². The summed E-state index contributed by atoms with van der Waals surface area (Å²) in [7, 11) is 0. The second-order valence-electron chi connectivity index (χ2n) is 7.94. The third-order valence-corrected chi connectivity index (χ3v) is 7.74. The topological polar surface area (TPSA) is 52.8 Å². The quantitative estimate of drug-likeness (QED) is 0.225. The molecule has 5 aromatic rings. The van der Waals surface area contributed by atoms with Crippen LogP contribution in [0.3, 0.4) is 0 Å². The normalized spacial score (nSPS) is 16.3. The summed E-state index contributed by atoms with van der Waals surface area (Å²) in [5.41, 5.74) is 2.11. The van der Waals surface area contributed by atoms with E-state index in [9.17, 15) is 0 Å². The van der Waals surface area contributed by atoms with E-state index in [1.807, 2.05) is 6.07 Å². The first-order valence-electron chi connectivity index (χ1n) is 10.8. The first-order chi connectivity index (χ1) is 15.9. The van der Waals surface area contributed by atoms with Crippen LogP contribution in [0.2, 0.25) is 0 Å². The molecule has 32 heavy (non-hydrogen) atoms. The number of aromatic nitrogens is 4. The Bertz CT molecular complexity index is 1370. The van der Waals surface area contributed by atoms with Crippen LogP contribution in [0.5, 0.6) is 0 Å². The van der Waals surface area contributed by atoms with Crippen molar-refractivity contribution in [1.82, 2.24) is 19.7 Å². The Morgan fingerprint density at radius 2 is 1.81 bits per heavy atom. The van der Waals surface area contributed by atoms with Crippen LogP contribution in [0.1, 0.15) is 18.5 Å². The van der Waals surface area contributed by atoms with E-state index >= 15 is 0 Å². The fourth-order valence-corrected chi connectivity index (χ4v) is 5.98. The maximum Gasteiger partial charge on any atom is 0.191 e. The number of fused-ring (bicyclic) bond motifs is 3. The van der Waals surface area contributed by atoms with E-state index in [4.69, 9.17) is 9.72 Å². The van der Waals surface area contributed by atoms with Crippen molar-refractivity contribution in [2.24, 2.45) is 0 Å². The standard InChI is InChI=1S/C25H22N4OS2/c1-2-10-20-18(8-1)19-9-3-4-11-21(19)26-22(20)16-32-25-28-27-24(23-12-6-14-31-23)29(25)15-17-7-5-13-30-17/h1-4,6,8-12,14,17H,5,7,13,15-16H2. The van der Waals surface area contributed by atoms with Crippen molar-refractivity contribution in [3.63, 3.8) is 0 Å². The molecule has 2 aromatic carbocycles. The Hall–Kier alpha value is -2.74. The molecule has 0 bridgehead atoms. The molecule has 1 aliphatic rings. The van der Waals surface area contributed by atoms with Gasteiger partial charge in [-0.1, -0.05) is 60.3 Å². The van der Waals surface area contributed by atoms with Gasteiger partial charge in [-0.2, -0.15) is 0 Å². The first kappa shape index (κ1) is 19.9. The molecule has 1 unspecified atom stereocenters. The summed E-state index contributed by atoms with van der Waals surface area (Å²) < 4.78 is 8.16. The average molecular weight is 459 g/mol. The predicted molar refractivity (Wildman–Crippen MR) is 131 cm³/mol. The van der Waals surface area contributed by atoms with E-state index in [2.05, 4.69) is 74.7 Å². The number of thioether (sulfide) groups is 1. The summed E-state index contributed by atoms with van der Waals surface area (Å²) in [5, 5.41) is 15.8. The molecule has 6 rings (SSSR count). The lowest BCUT2D eigenvalue weighted by atomic mass is 10.0. The predicted octanol–water partition coefficient (Wildman–Crippen LogP) is 6.18. The maximum absolute atomic E-state index is 5.93. The summed E-state index contributed by atoms with van der Waals surface area (Å²) >= 11 is 3.39. The zero-order valence-electron chi connectivity index (χ0n) is 17.5. The van der Waals surface area contributed by atoms with Crippen molar-refractivity contribution in [1.29, 1.82) is 0 Å². The van der Waals surface area contributed by atoms with Crippen LogP contribution in [-0.4, -0.2) is 32.5 Å². The largest absolute Gasteiger partial charge is 0.376 e. The van der Waals surface area contributed by atoms with Crippen molar-refractivity contribution in [3.05, 3.63) is 71.7 Å². The molecule has 0 aliphatic carbocycles. The van der Waals surface area contributed by atoms with Gasteiger partial charge in [0.15, 0.2) is 11.0 Å². The highest BCUT2D eigenvalue weighted by molar-refractivity contribution is 7.98. The average Bonchev–Trinajstić information content (AvgIpc) is 3.61. The van der Waals surface area contributed by atoms with Crippen LogP contribution < -0.4 is 0 Å². The van der Waals surface area contributed by atoms with Gasteiger partial charge in [-0.25, -0.2) is 0 Å². The van der Waals surface area contributed by atoms with E-state index in [0.29, 0.717) is 0 Å². The van der Waals surface area contributed by atoms with E-state index in [0.717, 1.165) is 58.8 Å². The molecule has 0 saturated carbocycles. The highest BCUT2D eigenvalue weighted by Gasteiger charge is 2.22. The molecule has 1 aliphatic heterocycles. The Morgan fingerprint density at radius 3 is 2.62 bits per heavy atom. The van der Waals surface area contributed by atoms with Crippen LogP contribution in [0.4, 0.5) is 0 Å². The highest BCUT2D eigenvalue weighted by Crippen LogP contribution is 2.33. The molecule has 0 amide bonds. The molecule has 7 heteroatoms. The van der Waals surface area contributed by atoms with Gasteiger partial charge in [-0.3, -0.25) is 9.55 Å². The minimum atomic E-state index is 0.226. The number of pyridine rings is 1. The molecule has 0 radical (unpaired) electrons. The number of benzene rings is 2. The van der Waals surface area contributed by atoms with Gasteiger partial charge in [0.05, 0.1) is 28.7 Å². The van der Waals surface area contributed by atoms with Crippen LogP contribution in [0.25, 0.3) is 32.4 Å². The van der Waals surface area contributed by atoms with Gasteiger partial charge in [0.2, 0.25) is 0 Å². The Balaban J connectivity index is 1.36. The Morgan fingerprint density at radius 1 is 0.969 bits per heavy atom. The summed E-state index contributed by atoms with van der Waals surface area (Å²) in [6.45, 7) is 1.63. The summed E-state index contributed by atoms with van der Waals surface area (Å²) in [6, 6.07) is 21.0. The van der Waals surface area contributed by atoms with Gasteiger partial charge >= 0.3 is 0 Å². The van der Waals surface area contributed by atoms with E-state index in [1.54, 1.807) is 23.1 Å². The van der Waals surface area contributed by atoms with E-state index in [1.165, 1.54) is 16.2 Å². The monoisotopic (exact) mass is 458 g/mol. The molecule has 1 fully saturated rings. The molecule has 1 atom stereocenters. The number of hydrogen-bond acceptors (Lipinski definition) is 6. The van der Waals surface area contributed by atoms with Crippen molar-refractivity contribution in [2.45, 2.75) is 36.4 Å². The molecule has 5 nitrogen and oxygen atoms in total. The summed E-state index contributed by atoms with van der Waals surface area (Å²) in [5.74, 6) is 1.66.